The average Bonchev–Trinajstić information content (AvgIpc) is 2.58. The fourth-order valence-corrected chi connectivity index (χ4v) is 3.24. The third kappa shape index (κ3) is 4.92. The third-order valence-electron chi connectivity index (χ3n) is 3.60. The predicted octanol–water partition coefficient (Wildman–Crippen LogP) is 2.58. The second kappa shape index (κ2) is 8.09. The van der Waals surface area contributed by atoms with E-state index in [-0.39, 0.29) is 0 Å². The molecule has 0 saturated heterocycles. The van der Waals surface area contributed by atoms with Gasteiger partial charge in [0.15, 0.2) is 0 Å². The van der Waals surface area contributed by atoms with Crippen molar-refractivity contribution in [2.45, 2.75) is 12.2 Å². The fourth-order valence-electron chi connectivity index (χ4n) is 2.32. The number of nitrogens with one attached hydrogen (secondary N) is 1. The molecule has 0 bridgehead atoms. The molecule has 0 aliphatic rings. The second-order valence-corrected chi connectivity index (χ2v) is 6.97. The van der Waals surface area contributed by atoms with Gasteiger partial charge in [0.05, 0.1) is 18.7 Å². The van der Waals surface area contributed by atoms with Crippen molar-refractivity contribution in [2.24, 2.45) is 0 Å². The van der Waals surface area contributed by atoms with E-state index in [1.807, 2.05) is 30.3 Å². The van der Waals surface area contributed by atoms with Gasteiger partial charge in [-0.2, -0.15) is 5.26 Å². The van der Waals surface area contributed by atoms with Gasteiger partial charge in [0.25, 0.3) is 0 Å². The van der Waals surface area contributed by atoms with Crippen LogP contribution in [-0.2, 0) is 11.0 Å². The number of hydrogen-bond acceptors (Lipinski definition) is 4. The van der Waals surface area contributed by atoms with Gasteiger partial charge in [-0.05, 0) is 41.8 Å². The number of rotatable bonds is 7. The number of ether oxygens (including phenoxy) is 1. The van der Waals surface area contributed by atoms with E-state index in [9.17, 15) is 14.4 Å². The lowest BCUT2D eigenvalue weighted by atomic mass is 10.1. The first-order valence-electron chi connectivity index (χ1n) is 7.35. The van der Waals surface area contributed by atoms with Crippen LogP contribution in [0, 0.1) is 11.3 Å². The summed E-state index contributed by atoms with van der Waals surface area (Å²) in [5, 5.41) is 11.7. The monoisotopic (exact) mass is 346 g/mol. The number of nitriles is 1. The maximum atomic E-state index is 11.8. The maximum absolute atomic E-state index is 11.8. The summed E-state index contributed by atoms with van der Waals surface area (Å²) >= 11 is 0. The molecule has 0 amide bonds. The first-order chi connectivity index (χ1) is 11.4. The highest BCUT2D eigenvalue weighted by Gasteiger charge is 2.29. The molecule has 0 spiro atoms. The molecule has 126 valence electrons. The molecule has 24 heavy (non-hydrogen) atoms. The van der Waals surface area contributed by atoms with E-state index in [2.05, 4.69) is 5.32 Å². The molecule has 0 aliphatic carbocycles. The van der Waals surface area contributed by atoms with Gasteiger partial charge < -0.3 is 14.5 Å². The van der Waals surface area contributed by atoms with Crippen LogP contribution < -0.4 is 10.1 Å². The molecule has 2 aromatic carbocycles. The highest BCUT2D eigenvalue weighted by molar-refractivity contribution is 7.52. The van der Waals surface area contributed by atoms with Crippen LogP contribution in [0.25, 0.3) is 0 Å². The molecule has 2 rings (SSSR count). The summed E-state index contributed by atoms with van der Waals surface area (Å²) in [7, 11) is -2.77. The van der Waals surface area contributed by atoms with Gasteiger partial charge in [0.2, 0.25) is 0 Å². The van der Waals surface area contributed by atoms with E-state index in [4.69, 9.17) is 10.00 Å². The summed E-state index contributed by atoms with van der Waals surface area (Å²) in [6.07, 6.45) is 0.622. The van der Waals surface area contributed by atoms with E-state index in [0.29, 0.717) is 24.1 Å². The molecule has 0 aliphatic heterocycles. The predicted molar refractivity (Wildman–Crippen MR) is 90.6 cm³/mol. The zero-order chi connectivity index (χ0) is 17.6. The normalized spacial score (nSPS) is 12.4. The molecule has 0 radical (unpaired) electrons. The Morgan fingerprint density at radius 2 is 1.79 bits per heavy atom. The molecule has 0 heterocycles. The fraction of sp³-hybridized carbons (Fsp3) is 0.235. The lowest BCUT2D eigenvalue weighted by molar-refractivity contribution is 0.348. The lowest BCUT2D eigenvalue weighted by Gasteiger charge is -2.20. The lowest BCUT2D eigenvalue weighted by Crippen LogP contribution is -2.24. The molecule has 1 atom stereocenters. The minimum atomic E-state index is -4.37. The summed E-state index contributed by atoms with van der Waals surface area (Å²) in [5.74, 6) is -0.333. The van der Waals surface area contributed by atoms with Crippen LogP contribution in [0.5, 0.6) is 5.75 Å². The highest BCUT2D eigenvalue weighted by Crippen LogP contribution is 2.49. The molecule has 6 nitrogen and oxygen atoms in total. The van der Waals surface area contributed by atoms with Crippen LogP contribution in [-0.4, -0.2) is 23.4 Å². The first kappa shape index (κ1) is 18.2. The van der Waals surface area contributed by atoms with E-state index in [1.54, 1.807) is 31.4 Å². The molecular formula is C17H19N2O4P. The van der Waals surface area contributed by atoms with E-state index >= 15 is 0 Å². The number of methoxy groups -OCH3 is 1. The van der Waals surface area contributed by atoms with Crippen molar-refractivity contribution in [2.75, 3.05) is 13.7 Å². The van der Waals surface area contributed by atoms with Crippen LogP contribution in [0.2, 0.25) is 0 Å². The van der Waals surface area contributed by atoms with E-state index < -0.39 is 13.4 Å². The third-order valence-corrected chi connectivity index (χ3v) is 4.76. The minimum Gasteiger partial charge on any atom is -0.497 e. The number of nitrogens with zero attached hydrogens (tertiary/aromatic N) is 1. The summed E-state index contributed by atoms with van der Waals surface area (Å²) in [6.45, 7) is 0.405. The van der Waals surface area contributed by atoms with Gasteiger partial charge in [-0.1, -0.05) is 24.3 Å². The van der Waals surface area contributed by atoms with Crippen LogP contribution >= 0.6 is 7.60 Å². The Labute approximate surface area is 140 Å². The summed E-state index contributed by atoms with van der Waals surface area (Å²) < 4.78 is 16.9. The van der Waals surface area contributed by atoms with Crippen molar-refractivity contribution in [3.63, 3.8) is 0 Å². The summed E-state index contributed by atoms with van der Waals surface area (Å²) in [4.78, 5) is 19.2. The van der Waals surface area contributed by atoms with Gasteiger partial charge in [0, 0.05) is 6.54 Å². The smallest absolute Gasteiger partial charge is 0.346 e. The van der Waals surface area contributed by atoms with Gasteiger partial charge in [0.1, 0.15) is 11.5 Å². The molecule has 0 fully saturated rings. The van der Waals surface area contributed by atoms with Gasteiger partial charge >= 0.3 is 7.60 Å². The standard InChI is InChI=1S/C17H19N2O4P/c1-23-16-8-4-13(5-9-16)10-11-19-17(24(20,21)22)15-6-2-14(12-18)3-7-15/h2-9,17,19H,10-11H2,1H3,(H2,20,21,22). The van der Waals surface area contributed by atoms with Crippen molar-refractivity contribution in [1.29, 1.82) is 5.26 Å². The largest absolute Gasteiger partial charge is 0.497 e. The van der Waals surface area contributed by atoms with Crippen molar-refractivity contribution in [1.82, 2.24) is 5.32 Å². The number of hydrogen-bond donors (Lipinski definition) is 3. The van der Waals surface area contributed by atoms with Crippen LogP contribution in [0.15, 0.2) is 48.5 Å². The molecule has 7 heteroatoms. The van der Waals surface area contributed by atoms with Gasteiger partial charge in [-0.15, -0.1) is 0 Å². The average molecular weight is 346 g/mol. The van der Waals surface area contributed by atoms with Crippen LogP contribution in [0.3, 0.4) is 0 Å². The van der Waals surface area contributed by atoms with Crippen molar-refractivity contribution in [3.8, 4) is 11.8 Å². The summed E-state index contributed by atoms with van der Waals surface area (Å²) in [6, 6.07) is 15.7. The summed E-state index contributed by atoms with van der Waals surface area (Å²) in [5.41, 5.74) is 1.94. The maximum Gasteiger partial charge on any atom is 0.346 e. The van der Waals surface area contributed by atoms with E-state index in [0.717, 1.165) is 11.3 Å². The topological polar surface area (TPSA) is 103 Å². The molecular weight excluding hydrogens is 327 g/mol. The van der Waals surface area contributed by atoms with E-state index in [1.165, 1.54) is 0 Å². The van der Waals surface area contributed by atoms with Gasteiger partial charge in [-0.3, -0.25) is 9.88 Å². The molecule has 1 unspecified atom stereocenters. The molecule has 3 N–H and O–H groups in total. The van der Waals surface area contributed by atoms with Crippen molar-refractivity contribution >= 4 is 7.60 Å². The molecule has 0 aromatic heterocycles. The Bertz CT molecular complexity index is 748. The molecule has 0 saturated carbocycles. The van der Waals surface area contributed by atoms with Crippen molar-refractivity contribution in [3.05, 3.63) is 65.2 Å². The van der Waals surface area contributed by atoms with Crippen molar-refractivity contribution < 1.29 is 19.1 Å². The SMILES string of the molecule is COc1ccc(CCNC(c2ccc(C#N)cc2)P(=O)(O)O)cc1. The Balaban J connectivity index is 2.03. The van der Waals surface area contributed by atoms with Crippen LogP contribution in [0.4, 0.5) is 0 Å². The first-order valence-corrected chi connectivity index (χ1v) is 9.04. The van der Waals surface area contributed by atoms with Crippen LogP contribution in [0.1, 0.15) is 22.5 Å². The zero-order valence-electron chi connectivity index (χ0n) is 13.2. The Hall–Kier alpha value is -2.16. The number of benzene rings is 2. The zero-order valence-corrected chi connectivity index (χ0v) is 14.1. The molecule has 2 aromatic rings. The minimum absolute atomic E-state index is 0.405. The Kier molecular flexibility index (Phi) is 6.13. The highest BCUT2D eigenvalue weighted by atomic mass is 31.2. The Morgan fingerprint density at radius 1 is 1.17 bits per heavy atom. The second-order valence-electron chi connectivity index (χ2n) is 5.28. The Morgan fingerprint density at radius 3 is 2.29 bits per heavy atom. The van der Waals surface area contributed by atoms with Gasteiger partial charge in [-0.25, -0.2) is 0 Å². The quantitative estimate of drug-likeness (QED) is 0.666.